The summed E-state index contributed by atoms with van der Waals surface area (Å²) in [6.45, 7) is 2.40. The minimum atomic E-state index is 0.545. The largest absolute Gasteiger partial charge is 0.327 e. The fourth-order valence-corrected chi connectivity index (χ4v) is 2.54. The van der Waals surface area contributed by atoms with Crippen molar-refractivity contribution in [1.82, 2.24) is 0 Å². The molecule has 0 unspecified atom stereocenters. The zero-order valence-corrected chi connectivity index (χ0v) is 6.06. The van der Waals surface area contributed by atoms with Gasteiger partial charge in [0.05, 0.1) is 0 Å². The lowest BCUT2D eigenvalue weighted by atomic mass is 9.63. The molecule has 3 atom stereocenters. The van der Waals surface area contributed by atoms with Crippen LogP contribution in [-0.4, -0.2) is 6.04 Å². The third-order valence-electron chi connectivity index (χ3n) is 3.49. The monoisotopic (exact) mass is 125 g/mol. The fourth-order valence-electron chi connectivity index (χ4n) is 2.54. The van der Waals surface area contributed by atoms with Crippen LogP contribution in [0.5, 0.6) is 0 Å². The molecule has 0 spiro atoms. The normalized spacial score (nSPS) is 56.7. The van der Waals surface area contributed by atoms with Gasteiger partial charge >= 0.3 is 0 Å². The molecule has 0 amide bonds. The molecule has 2 aliphatic rings. The summed E-state index contributed by atoms with van der Waals surface area (Å²) in [5, 5.41) is 0. The number of hydrogen-bond donors (Lipinski definition) is 1. The van der Waals surface area contributed by atoms with Crippen molar-refractivity contribution in [2.75, 3.05) is 0 Å². The van der Waals surface area contributed by atoms with Gasteiger partial charge in [0.15, 0.2) is 0 Å². The van der Waals surface area contributed by atoms with E-state index in [4.69, 9.17) is 5.73 Å². The van der Waals surface area contributed by atoms with Gasteiger partial charge in [-0.15, -0.1) is 0 Å². The van der Waals surface area contributed by atoms with E-state index in [1.54, 1.807) is 0 Å². The van der Waals surface area contributed by atoms with Crippen molar-refractivity contribution < 1.29 is 0 Å². The second kappa shape index (κ2) is 1.51. The quantitative estimate of drug-likeness (QED) is 0.522. The lowest BCUT2D eigenvalue weighted by molar-refractivity contribution is 0.0788. The Morgan fingerprint density at radius 3 is 2.22 bits per heavy atom. The maximum Gasteiger partial charge on any atom is 0.00725 e. The third-order valence-corrected chi connectivity index (χ3v) is 3.49. The first kappa shape index (κ1) is 5.72. The van der Waals surface area contributed by atoms with Crippen molar-refractivity contribution in [3.05, 3.63) is 0 Å². The topological polar surface area (TPSA) is 26.0 Å². The molecule has 0 heterocycles. The van der Waals surface area contributed by atoms with Crippen LogP contribution in [0.15, 0.2) is 0 Å². The van der Waals surface area contributed by atoms with E-state index in [9.17, 15) is 0 Å². The molecule has 9 heavy (non-hydrogen) atoms. The Morgan fingerprint density at radius 2 is 2.00 bits per heavy atom. The van der Waals surface area contributed by atoms with Crippen LogP contribution in [0.25, 0.3) is 0 Å². The Balaban J connectivity index is 2.15. The Bertz CT molecular complexity index is 133. The molecule has 2 fully saturated rings. The van der Waals surface area contributed by atoms with Crippen molar-refractivity contribution in [2.24, 2.45) is 17.1 Å². The molecule has 52 valence electrons. The minimum Gasteiger partial charge on any atom is -0.327 e. The Labute approximate surface area is 56.6 Å². The van der Waals surface area contributed by atoms with Crippen LogP contribution in [0.1, 0.15) is 32.6 Å². The van der Waals surface area contributed by atoms with Crippen LogP contribution >= 0.6 is 0 Å². The van der Waals surface area contributed by atoms with E-state index in [1.807, 2.05) is 0 Å². The van der Waals surface area contributed by atoms with Crippen LogP contribution in [0.4, 0.5) is 0 Å². The zero-order valence-electron chi connectivity index (χ0n) is 6.06. The molecule has 1 nitrogen and oxygen atoms in total. The van der Waals surface area contributed by atoms with Gasteiger partial charge in [0.2, 0.25) is 0 Å². The Hall–Kier alpha value is -0.0400. The molecule has 2 aliphatic carbocycles. The van der Waals surface area contributed by atoms with Gasteiger partial charge in [-0.3, -0.25) is 0 Å². The van der Waals surface area contributed by atoms with Crippen molar-refractivity contribution in [2.45, 2.75) is 38.6 Å². The molecule has 1 heteroatoms. The number of nitrogens with two attached hydrogens (primary N) is 1. The maximum absolute atomic E-state index is 5.91. The van der Waals surface area contributed by atoms with E-state index >= 15 is 0 Å². The van der Waals surface area contributed by atoms with Gasteiger partial charge in [0.25, 0.3) is 0 Å². The average Bonchev–Trinajstić information content (AvgIpc) is 1.93. The van der Waals surface area contributed by atoms with Gasteiger partial charge in [-0.05, 0) is 37.0 Å². The predicted molar refractivity (Wildman–Crippen MR) is 38.0 cm³/mol. The minimum absolute atomic E-state index is 0.545. The van der Waals surface area contributed by atoms with Gasteiger partial charge in [0.1, 0.15) is 0 Å². The lowest BCUT2D eigenvalue weighted by Crippen LogP contribution is -2.40. The summed E-state index contributed by atoms with van der Waals surface area (Å²) in [7, 11) is 0. The second-order valence-corrected chi connectivity index (χ2v) is 4.00. The summed E-state index contributed by atoms with van der Waals surface area (Å²) in [4.78, 5) is 0. The van der Waals surface area contributed by atoms with E-state index in [2.05, 4.69) is 6.92 Å². The Morgan fingerprint density at radius 1 is 1.33 bits per heavy atom. The lowest BCUT2D eigenvalue weighted by Gasteiger charge is -2.43. The molecule has 0 radical (unpaired) electrons. The molecule has 2 rings (SSSR count). The van der Waals surface area contributed by atoms with Crippen LogP contribution in [-0.2, 0) is 0 Å². The first-order chi connectivity index (χ1) is 4.22. The van der Waals surface area contributed by atoms with Crippen molar-refractivity contribution in [1.29, 1.82) is 0 Å². The zero-order chi connectivity index (χ0) is 6.48. The molecule has 0 aromatic heterocycles. The second-order valence-electron chi connectivity index (χ2n) is 4.00. The number of fused-ring (bicyclic) bond motifs is 1. The molecular weight excluding hydrogens is 110 g/mol. The summed E-state index contributed by atoms with van der Waals surface area (Å²) < 4.78 is 0. The van der Waals surface area contributed by atoms with Crippen molar-refractivity contribution in [3.63, 3.8) is 0 Å². The van der Waals surface area contributed by atoms with Gasteiger partial charge in [-0.2, -0.15) is 0 Å². The van der Waals surface area contributed by atoms with Gasteiger partial charge < -0.3 is 5.73 Å². The van der Waals surface area contributed by atoms with Gasteiger partial charge in [0, 0.05) is 6.04 Å². The van der Waals surface area contributed by atoms with Gasteiger partial charge in [-0.25, -0.2) is 0 Å². The highest BCUT2D eigenvalue weighted by molar-refractivity contribution is 5.02. The van der Waals surface area contributed by atoms with Gasteiger partial charge in [-0.1, -0.05) is 6.92 Å². The summed E-state index contributed by atoms with van der Waals surface area (Å²) >= 11 is 0. The van der Waals surface area contributed by atoms with Crippen LogP contribution in [0.3, 0.4) is 0 Å². The van der Waals surface area contributed by atoms with Crippen molar-refractivity contribution in [3.8, 4) is 0 Å². The summed E-state index contributed by atoms with van der Waals surface area (Å²) in [5.74, 6) is 0.887. The number of rotatable bonds is 0. The van der Waals surface area contributed by atoms with Crippen molar-refractivity contribution >= 4 is 0 Å². The standard InChI is InChI=1S/C8H15N/c1-8-4-2-6(8)7(9)3-5-8/h6-7H,2-5,9H2,1H3/t6-,7-,8+/m0/s1. The first-order valence-corrected chi connectivity index (χ1v) is 3.98. The molecule has 0 aromatic rings. The fraction of sp³-hybridized carbons (Fsp3) is 1.00. The van der Waals surface area contributed by atoms with E-state index in [-0.39, 0.29) is 0 Å². The summed E-state index contributed by atoms with van der Waals surface area (Å²) in [6, 6.07) is 0.545. The molecule has 0 aromatic carbocycles. The highest BCUT2D eigenvalue weighted by atomic mass is 14.7. The summed E-state index contributed by atoms with van der Waals surface area (Å²) in [6.07, 6.45) is 5.50. The molecular formula is C8H15N. The maximum atomic E-state index is 5.91. The first-order valence-electron chi connectivity index (χ1n) is 3.98. The summed E-state index contributed by atoms with van der Waals surface area (Å²) in [5.41, 5.74) is 6.59. The molecule has 2 saturated carbocycles. The van der Waals surface area contributed by atoms with Crippen LogP contribution in [0.2, 0.25) is 0 Å². The Kier molecular flexibility index (Phi) is 0.963. The van der Waals surface area contributed by atoms with E-state index in [1.165, 1.54) is 25.7 Å². The van der Waals surface area contributed by atoms with Crippen LogP contribution < -0.4 is 5.73 Å². The third kappa shape index (κ3) is 0.586. The average molecular weight is 125 g/mol. The predicted octanol–water partition coefficient (Wildman–Crippen LogP) is 1.52. The van der Waals surface area contributed by atoms with E-state index < -0.39 is 0 Å². The smallest absolute Gasteiger partial charge is 0.00725 e. The van der Waals surface area contributed by atoms with E-state index in [0.717, 1.165) is 5.92 Å². The highest BCUT2D eigenvalue weighted by Gasteiger charge is 2.49. The molecule has 0 saturated heterocycles. The SMILES string of the molecule is C[C@@]12CC[C@H](N)[C@@H]1CC2. The molecule has 0 aliphatic heterocycles. The number of hydrogen-bond acceptors (Lipinski definition) is 1. The van der Waals surface area contributed by atoms with E-state index in [0.29, 0.717) is 11.5 Å². The van der Waals surface area contributed by atoms with Crippen LogP contribution in [0, 0.1) is 11.3 Å². The highest BCUT2D eigenvalue weighted by Crippen LogP contribution is 2.56. The molecule has 2 N–H and O–H groups in total. The molecule has 0 bridgehead atoms.